The van der Waals surface area contributed by atoms with E-state index in [1.54, 1.807) is 6.20 Å². The van der Waals surface area contributed by atoms with Crippen molar-refractivity contribution in [3.8, 4) is 0 Å². The summed E-state index contributed by atoms with van der Waals surface area (Å²) in [5.74, 6) is 4.34. The monoisotopic (exact) mass is 371 g/mol. The second kappa shape index (κ2) is 7.70. The number of hydrogen-bond acceptors (Lipinski definition) is 5. The number of nitrogens with zero attached hydrogens (tertiary/aromatic N) is 2. The zero-order chi connectivity index (χ0) is 17.1. The fourth-order valence-electron chi connectivity index (χ4n) is 3.28. The molecule has 0 aliphatic carbocycles. The van der Waals surface area contributed by atoms with E-state index < -0.39 is 0 Å². The lowest BCUT2D eigenvalue weighted by atomic mass is 10.1. The van der Waals surface area contributed by atoms with Gasteiger partial charge in [0, 0.05) is 47.5 Å². The largest absolute Gasteiger partial charge is 0.368 e. The Labute approximate surface area is 156 Å². The lowest BCUT2D eigenvalue weighted by Crippen LogP contribution is -2.30. The number of carbonyl (C=O) groups excluding carboxylic acids is 1. The Morgan fingerprint density at radius 3 is 3.04 bits per heavy atom. The van der Waals surface area contributed by atoms with Gasteiger partial charge in [0.05, 0.1) is 5.56 Å². The summed E-state index contributed by atoms with van der Waals surface area (Å²) in [7, 11) is 0. The van der Waals surface area contributed by atoms with Crippen molar-refractivity contribution in [1.82, 2.24) is 4.98 Å². The molecule has 1 amide bonds. The van der Waals surface area contributed by atoms with E-state index in [1.807, 2.05) is 58.8 Å². The molecule has 0 saturated carbocycles. The van der Waals surface area contributed by atoms with Gasteiger partial charge in [-0.15, -0.1) is 0 Å². The fourth-order valence-corrected chi connectivity index (χ4v) is 5.89. The van der Waals surface area contributed by atoms with Crippen LogP contribution >= 0.6 is 23.5 Å². The maximum absolute atomic E-state index is 13.1. The number of fused-ring (bicyclic) bond motifs is 1. The number of anilines is 2. The smallest absolute Gasteiger partial charge is 0.262 e. The molecule has 4 nitrogen and oxygen atoms in total. The fraction of sp³-hybridized carbons (Fsp3) is 0.368. The van der Waals surface area contributed by atoms with Crippen molar-refractivity contribution in [2.24, 2.45) is 0 Å². The summed E-state index contributed by atoms with van der Waals surface area (Å²) in [6.45, 7) is 1.59. The quantitative estimate of drug-likeness (QED) is 0.891. The van der Waals surface area contributed by atoms with Gasteiger partial charge in [-0.05, 0) is 30.2 Å². The molecule has 1 unspecified atom stereocenters. The number of rotatable bonds is 4. The Morgan fingerprint density at radius 2 is 2.16 bits per heavy atom. The van der Waals surface area contributed by atoms with Crippen molar-refractivity contribution in [2.45, 2.75) is 11.7 Å². The number of amides is 1. The van der Waals surface area contributed by atoms with Crippen LogP contribution in [0, 0.1) is 0 Å². The molecule has 3 heterocycles. The molecule has 1 fully saturated rings. The first-order valence-corrected chi connectivity index (χ1v) is 10.8. The second-order valence-corrected chi connectivity index (χ2v) is 8.74. The molecule has 2 aromatic rings. The molecule has 2 aliphatic rings. The zero-order valence-corrected chi connectivity index (χ0v) is 15.6. The molecule has 1 aromatic carbocycles. The highest BCUT2D eigenvalue weighted by molar-refractivity contribution is 8.06. The summed E-state index contributed by atoms with van der Waals surface area (Å²) < 4.78 is 0. The molecule has 1 aromatic heterocycles. The predicted octanol–water partition coefficient (Wildman–Crippen LogP) is 3.55. The van der Waals surface area contributed by atoms with E-state index in [1.165, 1.54) is 17.1 Å². The third kappa shape index (κ3) is 3.65. The predicted molar refractivity (Wildman–Crippen MR) is 108 cm³/mol. The van der Waals surface area contributed by atoms with E-state index in [-0.39, 0.29) is 5.91 Å². The number of thioether (sulfide) groups is 2. The average Bonchev–Trinajstić information content (AvgIpc) is 3.11. The topological polar surface area (TPSA) is 45.2 Å². The molecular formula is C19H21N3OS2. The highest BCUT2D eigenvalue weighted by Gasteiger charge is 2.27. The van der Waals surface area contributed by atoms with E-state index in [2.05, 4.69) is 16.4 Å². The standard InChI is InChI=1S/C19H21N3OS2/c23-19(22-9-7-14-4-1-2-6-17(14)22)16-5-3-8-20-18(16)21-12-15-13-24-10-11-25-15/h1-6,8,15H,7,9-13H2,(H,20,21). The third-order valence-electron chi connectivity index (χ3n) is 4.55. The first-order chi connectivity index (χ1) is 12.3. The first-order valence-electron chi connectivity index (χ1n) is 8.61. The molecule has 130 valence electrons. The van der Waals surface area contributed by atoms with E-state index in [0.717, 1.165) is 31.0 Å². The number of aromatic nitrogens is 1. The third-order valence-corrected chi connectivity index (χ3v) is 7.40. The van der Waals surface area contributed by atoms with Crippen LogP contribution in [0.15, 0.2) is 42.6 Å². The van der Waals surface area contributed by atoms with Crippen molar-refractivity contribution in [3.63, 3.8) is 0 Å². The van der Waals surface area contributed by atoms with Gasteiger partial charge >= 0.3 is 0 Å². The summed E-state index contributed by atoms with van der Waals surface area (Å²) in [6.07, 6.45) is 2.67. The molecular weight excluding hydrogens is 350 g/mol. The second-order valence-electron chi connectivity index (χ2n) is 6.18. The normalized spacial score (nSPS) is 19.5. The number of para-hydroxylation sites is 1. The summed E-state index contributed by atoms with van der Waals surface area (Å²) in [5, 5.41) is 4.00. The molecule has 0 spiro atoms. The van der Waals surface area contributed by atoms with Crippen LogP contribution in [0.1, 0.15) is 15.9 Å². The Balaban J connectivity index is 1.51. The summed E-state index contributed by atoms with van der Waals surface area (Å²) in [4.78, 5) is 19.4. The van der Waals surface area contributed by atoms with Crippen LogP contribution in [0.25, 0.3) is 0 Å². The molecule has 4 rings (SSSR count). The van der Waals surface area contributed by atoms with Gasteiger partial charge in [-0.3, -0.25) is 4.79 Å². The van der Waals surface area contributed by atoms with Crippen molar-refractivity contribution in [2.75, 3.05) is 40.6 Å². The lowest BCUT2D eigenvalue weighted by Gasteiger charge is -2.23. The Morgan fingerprint density at radius 1 is 1.24 bits per heavy atom. The van der Waals surface area contributed by atoms with Crippen LogP contribution < -0.4 is 10.2 Å². The minimum atomic E-state index is 0.0335. The molecule has 1 saturated heterocycles. The van der Waals surface area contributed by atoms with Crippen LogP contribution in [0.4, 0.5) is 11.5 Å². The summed E-state index contributed by atoms with van der Waals surface area (Å²) >= 11 is 4.01. The molecule has 25 heavy (non-hydrogen) atoms. The Bertz CT molecular complexity index is 762. The first kappa shape index (κ1) is 16.8. The van der Waals surface area contributed by atoms with Crippen LogP contribution in [-0.2, 0) is 6.42 Å². The van der Waals surface area contributed by atoms with E-state index in [9.17, 15) is 4.79 Å². The number of pyridine rings is 1. The van der Waals surface area contributed by atoms with E-state index in [4.69, 9.17) is 0 Å². The maximum Gasteiger partial charge on any atom is 0.262 e. The average molecular weight is 372 g/mol. The highest BCUT2D eigenvalue weighted by atomic mass is 32.2. The molecule has 1 atom stereocenters. The zero-order valence-electron chi connectivity index (χ0n) is 14.0. The molecule has 0 radical (unpaired) electrons. The number of benzene rings is 1. The molecule has 6 heteroatoms. The summed E-state index contributed by atoms with van der Waals surface area (Å²) in [5.41, 5.74) is 2.93. The van der Waals surface area contributed by atoms with Crippen LogP contribution in [0.5, 0.6) is 0 Å². The minimum Gasteiger partial charge on any atom is -0.368 e. The Hall–Kier alpha value is -1.66. The van der Waals surface area contributed by atoms with Gasteiger partial charge in [0.2, 0.25) is 0 Å². The van der Waals surface area contributed by atoms with Crippen molar-refractivity contribution in [3.05, 3.63) is 53.7 Å². The summed E-state index contributed by atoms with van der Waals surface area (Å²) in [6, 6.07) is 11.9. The van der Waals surface area contributed by atoms with Gasteiger partial charge in [-0.1, -0.05) is 18.2 Å². The van der Waals surface area contributed by atoms with Gasteiger partial charge in [-0.2, -0.15) is 23.5 Å². The van der Waals surface area contributed by atoms with E-state index >= 15 is 0 Å². The van der Waals surface area contributed by atoms with Crippen LogP contribution in [0.3, 0.4) is 0 Å². The molecule has 0 bridgehead atoms. The van der Waals surface area contributed by atoms with E-state index in [0.29, 0.717) is 16.6 Å². The van der Waals surface area contributed by atoms with Crippen molar-refractivity contribution < 1.29 is 4.79 Å². The van der Waals surface area contributed by atoms with Crippen LogP contribution in [-0.4, -0.2) is 46.5 Å². The highest BCUT2D eigenvalue weighted by Crippen LogP contribution is 2.30. The van der Waals surface area contributed by atoms with Gasteiger partial charge in [-0.25, -0.2) is 4.98 Å². The molecule has 1 N–H and O–H groups in total. The Kier molecular flexibility index (Phi) is 5.17. The SMILES string of the molecule is O=C(c1cccnc1NCC1CSCCS1)N1CCc2ccccc21. The van der Waals surface area contributed by atoms with Gasteiger partial charge < -0.3 is 10.2 Å². The van der Waals surface area contributed by atoms with Crippen molar-refractivity contribution >= 4 is 40.9 Å². The molecule has 2 aliphatic heterocycles. The number of hydrogen-bond donors (Lipinski definition) is 1. The van der Waals surface area contributed by atoms with Crippen molar-refractivity contribution in [1.29, 1.82) is 0 Å². The number of carbonyl (C=O) groups is 1. The minimum absolute atomic E-state index is 0.0335. The van der Waals surface area contributed by atoms with Gasteiger partial charge in [0.25, 0.3) is 5.91 Å². The van der Waals surface area contributed by atoms with Gasteiger partial charge in [0.1, 0.15) is 5.82 Å². The number of nitrogens with one attached hydrogen (secondary N) is 1. The maximum atomic E-state index is 13.1. The van der Waals surface area contributed by atoms with Gasteiger partial charge in [0.15, 0.2) is 0 Å². The van der Waals surface area contributed by atoms with Crippen LogP contribution in [0.2, 0.25) is 0 Å². The lowest BCUT2D eigenvalue weighted by molar-refractivity contribution is 0.0990.